The second-order valence-corrected chi connectivity index (χ2v) is 6.75. The van der Waals surface area contributed by atoms with Gasteiger partial charge in [0.25, 0.3) is 5.91 Å². The Morgan fingerprint density at radius 2 is 1.96 bits per heavy atom. The van der Waals surface area contributed by atoms with Crippen molar-refractivity contribution in [3.63, 3.8) is 0 Å². The zero-order valence-corrected chi connectivity index (χ0v) is 12.9. The molecule has 0 spiro atoms. The molecule has 6 nitrogen and oxygen atoms in total. The van der Waals surface area contributed by atoms with E-state index < -0.39 is 11.8 Å². The number of halogens is 1. The Bertz CT molecular complexity index is 705. The van der Waals surface area contributed by atoms with Crippen LogP contribution in [0.3, 0.4) is 0 Å². The van der Waals surface area contributed by atoms with Gasteiger partial charge in [-0.25, -0.2) is 0 Å². The van der Waals surface area contributed by atoms with E-state index in [2.05, 4.69) is 10.9 Å². The van der Waals surface area contributed by atoms with E-state index >= 15 is 0 Å². The minimum atomic E-state index is -0.487. The minimum Gasteiger partial charge on any atom is -0.462 e. The number of fused-ring (bicyclic) bond motifs is 1. The highest BCUT2D eigenvalue weighted by atomic mass is 35.5. The summed E-state index contributed by atoms with van der Waals surface area (Å²) >= 11 is 5.95. The van der Waals surface area contributed by atoms with Gasteiger partial charge >= 0.3 is 5.97 Å². The van der Waals surface area contributed by atoms with Crippen molar-refractivity contribution in [1.29, 1.82) is 0 Å². The first-order chi connectivity index (χ1) is 11.1. The summed E-state index contributed by atoms with van der Waals surface area (Å²) in [4.78, 5) is 36.4. The molecule has 2 bridgehead atoms. The van der Waals surface area contributed by atoms with Crippen LogP contribution in [0.2, 0.25) is 5.02 Å². The molecule has 4 rings (SSSR count). The van der Waals surface area contributed by atoms with Crippen LogP contribution in [-0.4, -0.2) is 23.9 Å². The lowest BCUT2D eigenvalue weighted by Gasteiger charge is -2.23. The van der Waals surface area contributed by atoms with Crippen LogP contribution in [0.1, 0.15) is 23.2 Å². The van der Waals surface area contributed by atoms with Gasteiger partial charge in [0.05, 0.1) is 22.4 Å². The summed E-state index contributed by atoms with van der Waals surface area (Å²) in [6.07, 6.45) is 1.57. The predicted octanol–water partition coefficient (Wildman–Crippen LogP) is 1.30. The number of esters is 1. The molecule has 3 fully saturated rings. The fraction of sp³-hybridized carbons (Fsp3) is 0.438. The van der Waals surface area contributed by atoms with Crippen molar-refractivity contribution in [3.8, 4) is 0 Å². The number of amides is 2. The molecule has 0 radical (unpaired) electrons. The second-order valence-electron chi connectivity index (χ2n) is 6.35. The van der Waals surface area contributed by atoms with Crippen molar-refractivity contribution >= 4 is 29.4 Å². The Kier molecular flexibility index (Phi) is 3.30. The van der Waals surface area contributed by atoms with Crippen LogP contribution < -0.4 is 10.9 Å². The van der Waals surface area contributed by atoms with Gasteiger partial charge in [-0.15, -0.1) is 0 Å². The SMILES string of the molecule is O=C(NNC(=O)[C@@H]1[C@@H]2C[C@@H]3[C@H]1C(=O)O[C@H]3C2)c1ccccc1Cl. The maximum absolute atomic E-state index is 12.4. The van der Waals surface area contributed by atoms with E-state index in [1.165, 1.54) is 0 Å². The molecule has 120 valence electrons. The summed E-state index contributed by atoms with van der Waals surface area (Å²) in [5.41, 5.74) is 5.09. The Balaban J connectivity index is 1.42. The number of nitrogens with one attached hydrogen (secondary N) is 2. The lowest BCUT2D eigenvalue weighted by molar-refractivity contribution is -0.146. The summed E-state index contributed by atoms with van der Waals surface area (Å²) in [7, 11) is 0. The molecule has 2 aliphatic carbocycles. The number of hydrogen-bond acceptors (Lipinski definition) is 4. The number of hydrazine groups is 1. The molecule has 1 saturated heterocycles. The van der Waals surface area contributed by atoms with Crippen LogP contribution in [0.25, 0.3) is 0 Å². The average Bonchev–Trinajstić information content (AvgIpc) is 3.14. The Morgan fingerprint density at radius 3 is 2.74 bits per heavy atom. The number of ether oxygens (including phenoxy) is 1. The van der Waals surface area contributed by atoms with Gasteiger partial charge in [0.15, 0.2) is 0 Å². The molecule has 1 aromatic carbocycles. The molecular formula is C16H15ClN2O4. The topological polar surface area (TPSA) is 84.5 Å². The molecule has 1 heterocycles. The van der Waals surface area contributed by atoms with Gasteiger partial charge in [-0.2, -0.15) is 0 Å². The molecule has 23 heavy (non-hydrogen) atoms. The van der Waals surface area contributed by atoms with E-state index in [-0.39, 0.29) is 41.3 Å². The van der Waals surface area contributed by atoms with E-state index in [4.69, 9.17) is 16.3 Å². The van der Waals surface area contributed by atoms with Crippen molar-refractivity contribution in [2.45, 2.75) is 18.9 Å². The number of hydrogen-bond donors (Lipinski definition) is 2. The third-order valence-corrected chi connectivity index (χ3v) is 5.53. The van der Waals surface area contributed by atoms with E-state index in [0.717, 1.165) is 12.8 Å². The molecule has 1 aromatic rings. The van der Waals surface area contributed by atoms with Crippen molar-refractivity contribution in [3.05, 3.63) is 34.9 Å². The van der Waals surface area contributed by atoms with Gasteiger partial charge in [0, 0.05) is 5.92 Å². The highest BCUT2D eigenvalue weighted by Crippen LogP contribution is 2.57. The maximum atomic E-state index is 12.4. The highest BCUT2D eigenvalue weighted by molar-refractivity contribution is 6.33. The standard InChI is InChI=1S/C16H15ClN2O4/c17-10-4-2-1-3-8(10)14(20)18-19-15(21)12-7-5-9-11(6-7)23-16(22)13(9)12/h1-4,7,9,11-13H,5-6H2,(H,18,20)(H,19,21)/t7-,9+,11+,12-,13-/m1/s1. The quantitative estimate of drug-likeness (QED) is 0.630. The highest BCUT2D eigenvalue weighted by Gasteiger charge is 2.63. The smallest absolute Gasteiger partial charge is 0.310 e. The molecule has 2 N–H and O–H groups in total. The zero-order valence-electron chi connectivity index (χ0n) is 12.1. The minimum absolute atomic E-state index is 0.0146. The number of carbonyl (C=O) groups is 3. The molecule has 2 amide bonds. The van der Waals surface area contributed by atoms with E-state index in [1.807, 2.05) is 0 Å². The fourth-order valence-corrected chi connectivity index (χ4v) is 4.50. The monoisotopic (exact) mass is 334 g/mol. The third kappa shape index (κ3) is 2.20. The molecule has 2 saturated carbocycles. The molecule has 1 aliphatic heterocycles. The first-order valence-electron chi connectivity index (χ1n) is 7.61. The van der Waals surface area contributed by atoms with Gasteiger partial charge < -0.3 is 4.74 Å². The second kappa shape index (κ2) is 5.23. The lowest BCUT2D eigenvalue weighted by atomic mass is 9.79. The number of carbonyl (C=O) groups excluding carboxylic acids is 3. The molecular weight excluding hydrogens is 320 g/mol. The van der Waals surface area contributed by atoms with Crippen LogP contribution in [0.15, 0.2) is 24.3 Å². The van der Waals surface area contributed by atoms with Crippen molar-refractivity contribution in [2.75, 3.05) is 0 Å². The van der Waals surface area contributed by atoms with Gasteiger partial charge in [-0.3, -0.25) is 25.2 Å². The Labute approximate surface area is 137 Å². The number of benzene rings is 1. The normalized spacial score (nSPS) is 33.4. The zero-order chi connectivity index (χ0) is 16.1. The number of rotatable bonds is 2. The van der Waals surface area contributed by atoms with E-state index in [0.29, 0.717) is 5.02 Å². The molecule has 5 atom stereocenters. The van der Waals surface area contributed by atoms with Crippen LogP contribution in [-0.2, 0) is 14.3 Å². The van der Waals surface area contributed by atoms with E-state index in [9.17, 15) is 14.4 Å². The lowest BCUT2D eigenvalue weighted by Crippen LogP contribution is -2.48. The molecule has 7 heteroatoms. The first kappa shape index (κ1) is 14.5. The molecule has 0 unspecified atom stereocenters. The third-order valence-electron chi connectivity index (χ3n) is 5.20. The summed E-state index contributed by atoms with van der Waals surface area (Å²) in [5, 5.41) is 0.307. The van der Waals surface area contributed by atoms with Crippen molar-refractivity contribution in [2.24, 2.45) is 23.7 Å². The Morgan fingerprint density at radius 1 is 1.17 bits per heavy atom. The van der Waals surface area contributed by atoms with Crippen LogP contribution in [0, 0.1) is 23.7 Å². The van der Waals surface area contributed by atoms with Crippen LogP contribution >= 0.6 is 11.6 Å². The van der Waals surface area contributed by atoms with Gasteiger partial charge in [0.1, 0.15) is 6.10 Å². The van der Waals surface area contributed by atoms with Gasteiger partial charge in [0.2, 0.25) is 5.91 Å². The van der Waals surface area contributed by atoms with Gasteiger partial charge in [-0.05, 0) is 30.9 Å². The summed E-state index contributed by atoms with van der Waals surface area (Å²) in [5.74, 6) is -1.58. The Hall–Kier alpha value is -2.08. The van der Waals surface area contributed by atoms with Crippen LogP contribution in [0.5, 0.6) is 0 Å². The maximum Gasteiger partial charge on any atom is 0.310 e. The average molecular weight is 335 g/mol. The molecule has 0 aromatic heterocycles. The van der Waals surface area contributed by atoms with Gasteiger partial charge in [-0.1, -0.05) is 23.7 Å². The summed E-state index contributed by atoms with van der Waals surface area (Å²) in [6, 6.07) is 6.57. The van der Waals surface area contributed by atoms with Crippen molar-refractivity contribution < 1.29 is 19.1 Å². The molecule has 3 aliphatic rings. The van der Waals surface area contributed by atoms with Crippen LogP contribution in [0.4, 0.5) is 0 Å². The largest absolute Gasteiger partial charge is 0.462 e. The summed E-state index contributed by atoms with van der Waals surface area (Å²) < 4.78 is 5.31. The predicted molar refractivity (Wildman–Crippen MR) is 80.1 cm³/mol. The first-order valence-corrected chi connectivity index (χ1v) is 7.99. The fourth-order valence-electron chi connectivity index (χ4n) is 4.28. The van der Waals surface area contributed by atoms with Crippen molar-refractivity contribution in [1.82, 2.24) is 10.9 Å². The van der Waals surface area contributed by atoms with E-state index in [1.54, 1.807) is 24.3 Å². The summed E-state index contributed by atoms with van der Waals surface area (Å²) in [6.45, 7) is 0.